The van der Waals surface area contributed by atoms with Gasteiger partial charge in [0, 0.05) is 32.4 Å². The summed E-state index contributed by atoms with van der Waals surface area (Å²) in [5.41, 5.74) is 0. The molecule has 0 radical (unpaired) electrons. The van der Waals surface area contributed by atoms with Gasteiger partial charge in [-0.3, -0.25) is 0 Å². The van der Waals surface area contributed by atoms with E-state index < -0.39 is 10.0 Å². The number of hydrogen-bond donors (Lipinski definition) is 0. The quantitative estimate of drug-likeness (QED) is 0.833. The monoisotopic (exact) mass is 326 g/mol. The lowest BCUT2D eigenvalue weighted by Crippen LogP contribution is -2.36. The minimum atomic E-state index is -3.47. The average Bonchev–Trinajstić information content (AvgIpc) is 3.10. The van der Waals surface area contributed by atoms with Crippen LogP contribution < -0.4 is 0 Å². The van der Waals surface area contributed by atoms with Crippen LogP contribution in [0.15, 0.2) is 17.6 Å². The van der Waals surface area contributed by atoms with Gasteiger partial charge in [0.25, 0.3) is 10.0 Å². The van der Waals surface area contributed by atoms with Crippen LogP contribution >= 0.6 is 0 Å². The van der Waals surface area contributed by atoms with Crippen molar-refractivity contribution in [1.29, 1.82) is 0 Å². The average molecular weight is 326 g/mol. The van der Waals surface area contributed by atoms with Crippen LogP contribution in [0.5, 0.6) is 0 Å². The number of imidazole rings is 1. The Kier molecular flexibility index (Phi) is 4.07. The highest BCUT2D eigenvalue weighted by molar-refractivity contribution is 7.89. The first-order chi connectivity index (χ1) is 10.3. The molecule has 0 N–H and O–H groups in total. The number of nitrogens with zero attached hydrogens (tertiary/aromatic N) is 4. The van der Waals surface area contributed by atoms with Gasteiger partial charge in [-0.15, -0.1) is 0 Å². The summed E-state index contributed by atoms with van der Waals surface area (Å²) in [7, 11) is 4.30. The molecule has 0 aliphatic heterocycles. The van der Waals surface area contributed by atoms with Gasteiger partial charge in [-0.2, -0.15) is 4.31 Å². The van der Waals surface area contributed by atoms with Crippen LogP contribution in [0, 0.1) is 11.8 Å². The normalized spacial score (nSPS) is 32.1. The van der Waals surface area contributed by atoms with Crippen LogP contribution in [0.2, 0.25) is 0 Å². The van der Waals surface area contributed by atoms with Crippen molar-refractivity contribution < 1.29 is 8.42 Å². The number of aryl methyl sites for hydroxylation is 1. The maximum absolute atomic E-state index is 12.7. The van der Waals surface area contributed by atoms with Crippen molar-refractivity contribution in [3.63, 3.8) is 0 Å². The Morgan fingerprint density at radius 1 is 1.09 bits per heavy atom. The molecule has 7 heteroatoms. The van der Waals surface area contributed by atoms with Gasteiger partial charge in [-0.1, -0.05) is 0 Å². The fourth-order valence-corrected chi connectivity index (χ4v) is 5.48. The fourth-order valence-electron chi connectivity index (χ4n) is 4.14. The number of fused-ring (bicyclic) bond motifs is 1. The predicted octanol–water partition coefficient (Wildman–Crippen LogP) is 1.16. The molecule has 2 saturated carbocycles. The molecule has 2 aliphatic rings. The van der Waals surface area contributed by atoms with E-state index in [1.807, 2.05) is 0 Å². The van der Waals surface area contributed by atoms with E-state index in [9.17, 15) is 8.42 Å². The zero-order valence-corrected chi connectivity index (χ0v) is 14.6. The second-order valence-corrected chi connectivity index (χ2v) is 9.08. The third-order valence-corrected chi connectivity index (χ3v) is 7.33. The number of sulfonamides is 1. The molecule has 6 nitrogen and oxygen atoms in total. The highest BCUT2D eigenvalue weighted by Gasteiger charge is 2.45. The van der Waals surface area contributed by atoms with Crippen LogP contribution in [0.25, 0.3) is 0 Å². The van der Waals surface area contributed by atoms with Crippen molar-refractivity contribution >= 4 is 10.0 Å². The van der Waals surface area contributed by atoms with E-state index >= 15 is 0 Å². The molecule has 0 amide bonds. The highest BCUT2D eigenvalue weighted by Crippen LogP contribution is 2.47. The molecule has 1 aromatic rings. The fraction of sp³-hybridized carbons (Fsp3) is 0.800. The molecule has 22 heavy (non-hydrogen) atoms. The van der Waals surface area contributed by atoms with Gasteiger partial charge in [0.2, 0.25) is 0 Å². The Labute approximate surface area is 133 Å². The van der Waals surface area contributed by atoms with Gasteiger partial charge in [0.1, 0.15) is 0 Å². The van der Waals surface area contributed by atoms with Gasteiger partial charge < -0.3 is 9.47 Å². The number of hydrogen-bond acceptors (Lipinski definition) is 4. The van der Waals surface area contributed by atoms with Crippen molar-refractivity contribution in [1.82, 2.24) is 18.8 Å². The summed E-state index contributed by atoms with van der Waals surface area (Å²) in [6, 6.07) is 0.777. The number of rotatable bonds is 4. The minimum absolute atomic E-state index is 0.116. The van der Waals surface area contributed by atoms with E-state index in [4.69, 9.17) is 0 Å². The molecular weight excluding hydrogens is 300 g/mol. The van der Waals surface area contributed by atoms with E-state index in [0.717, 1.165) is 12.8 Å². The lowest BCUT2D eigenvalue weighted by molar-refractivity contribution is 0.268. The van der Waals surface area contributed by atoms with Crippen molar-refractivity contribution in [3.05, 3.63) is 12.5 Å². The minimum Gasteiger partial charge on any atom is -0.339 e. The Morgan fingerprint density at radius 2 is 1.64 bits per heavy atom. The molecule has 3 rings (SSSR count). The van der Waals surface area contributed by atoms with Crippen molar-refractivity contribution in [3.8, 4) is 0 Å². The smallest absolute Gasteiger partial charge is 0.262 e. The molecule has 0 bridgehead atoms. The van der Waals surface area contributed by atoms with Gasteiger partial charge in [0.15, 0.2) is 5.03 Å². The van der Waals surface area contributed by atoms with Crippen LogP contribution in [-0.4, -0.2) is 60.4 Å². The van der Waals surface area contributed by atoms with Crippen molar-refractivity contribution in [2.75, 3.05) is 21.1 Å². The van der Waals surface area contributed by atoms with Crippen LogP contribution in [-0.2, 0) is 17.1 Å². The highest BCUT2D eigenvalue weighted by atomic mass is 32.2. The summed E-state index contributed by atoms with van der Waals surface area (Å²) in [5, 5.41) is 0.153. The van der Waals surface area contributed by atoms with Crippen LogP contribution in [0.3, 0.4) is 0 Å². The molecule has 4 atom stereocenters. The molecule has 1 aromatic heterocycles. The molecular formula is C15H26N4O2S. The van der Waals surface area contributed by atoms with Crippen LogP contribution in [0.4, 0.5) is 0 Å². The van der Waals surface area contributed by atoms with Crippen molar-refractivity contribution in [2.45, 2.75) is 42.8 Å². The second-order valence-electron chi connectivity index (χ2n) is 7.13. The molecule has 0 aromatic carbocycles. The summed E-state index contributed by atoms with van der Waals surface area (Å²) in [6.45, 7) is 0. The molecule has 0 saturated heterocycles. The standard InChI is InChI=1S/C15H26N4O2S/c1-17(2)13-5-11-7-14(8-12(11)6-13)19(4)22(20,21)15-9-18(3)10-16-15/h9-14H,5-8H2,1-4H3/t11-,12+,13?,14?. The molecule has 0 spiro atoms. The molecule has 2 fully saturated rings. The summed E-state index contributed by atoms with van der Waals surface area (Å²) < 4.78 is 28.6. The predicted molar refractivity (Wildman–Crippen MR) is 84.9 cm³/mol. The Balaban J connectivity index is 1.70. The molecule has 2 unspecified atom stereocenters. The van der Waals surface area contributed by atoms with Crippen molar-refractivity contribution in [2.24, 2.45) is 18.9 Å². The largest absolute Gasteiger partial charge is 0.339 e. The van der Waals surface area contributed by atoms with Gasteiger partial charge >= 0.3 is 0 Å². The molecule has 124 valence electrons. The Bertz CT molecular complexity index is 626. The van der Waals surface area contributed by atoms with E-state index in [2.05, 4.69) is 24.0 Å². The summed E-state index contributed by atoms with van der Waals surface area (Å²) >= 11 is 0. The Morgan fingerprint density at radius 3 is 2.09 bits per heavy atom. The first-order valence-electron chi connectivity index (χ1n) is 7.91. The van der Waals surface area contributed by atoms with E-state index in [1.165, 1.54) is 19.2 Å². The van der Waals surface area contributed by atoms with Gasteiger partial charge in [-0.05, 0) is 51.6 Å². The van der Waals surface area contributed by atoms with Gasteiger partial charge in [-0.25, -0.2) is 13.4 Å². The second kappa shape index (κ2) is 5.62. The zero-order chi connectivity index (χ0) is 16.1. The Hall–Kier alpha value is -0.920. The van der Waals surface area contributed by atoms with E-state index in [-0.39, 0.29) is 11.1 Å². The molecule has 2 aliphatic carbocycles. The first-order valence-corrected chi connectivity index (χ1v) is 9.35. The zero-order valence-electron chi connectivity index (χ0n) is 13.8. The number of aromatic nitrogens is 2. The summed E-state index contributed by atoms with van der Waals surface area (Å²) in [4.78, 5) is 6.32. The lowest BCUT2D eigenvalue weighted by Gasteiger charge is -2.25. The van der Waals surface area contributed by atoms with E-state index in [0.29, 0.717) is 17.9 Å². The van der Waals surface area contributed by atoms with E-state index in [1.54, 1.807) is 29.2 Å². The summed E-state index contributed by atoms with van der Waals surface area (Å²) in [6.07, 6.45) is 7.47. The topological polar surface area (TPSA) is 58.4 Å². The summed E-state index contributed by atoms with van der Waals surface area (Å²) in [5.74, 6) is 1.33. The maximum Gasteiger partial charge on any atom is 0.262 e. The molecule has 1 heterocycles. The third-order valence-electron chi connectivity index (χ3n) is 5.54. The SMILES string of the molecule is CN(C)C1C[C@@H]2CC(N(C)S(=O)(=O)c3cn(C)cn3)C[C@@H]2C1. The maximum atomic E-state index is 12.7. The van der Waals surface area contributed by atoms with Crippen LogP contribution in [0.1, 0.15) is 25.7 Å². The third kappa shape index (κ3) is 2.70. The lowest BCUT2D eigenvalue weighted by atomic mass is 10.0. The van der Waals surface area contributed by atoms with Gasteiger partial charge in [0.05, 0.1) is 6.33 Å². The first kappa shape index (κ1) is 16.0.